The summed E-state index contributed by atoms with van der Waals surface area (Å²) in [4.78, 5) is 7.41. The summed E-state index contributed by atoms with van der Waals surface area (Å²) in [5.74, 6) is 0.858. The predicted molar refractivity (Wildman–Crippen MR) is 94.5 cm³/mol. The van der Waals surface area contributed by atoms with Gasteiger partial charge in [0, 0.05) is 23.6 Å². The lowest BCUT2D eigenvalue weighted by Crippen LogP contribution is -2.22. The van der Waals surface area contributed by atoms with Crippen molar-refractivity contribution in [3.8, 4) is 0 Å². The second-order valence-corrected chi connectivity index (χ2v) is 5.89. The zero-order chi connectivity index (χ0) is 16.2. The number of para-hydroxylation sites is 1. The second kappa shape index (κ2) is 6.72. The first-order valence-electron chi connectivity index (χ1n) is 8.11. The molecule has 2 aromatic heterocycles. The lowest BCUT2D eigenvalue weighted by molar-refractivity contribution is 0.408. The topological polar surface area (TPSA) is 53.9 Å². The van der Waals surface area contributed by atoms with Gasteiger partial charge in [0.25, 0.3) is 0 Å². The molecule has 0 aliphatic carbocycles. The number of rotatable bonds is 6. The van der Waals surface area contributed by atoms with E-state index in [9.17, 15) is 0 Å². The number of aromatic nitrogens is 2. The highest BCUT2D eigenvalue weighted by molar-refractivity contribution is 5.83. The number of nitrogens with one attached hydrogen (secondary N) is 2. The molecule has 2 aromatic carbocycles. The molecule has 4 rings (SSSR count). The standard InChI is InChI=1S/C20H19N3O/c1-2-6-15(7-3-1)11-22-19(20-13-21-14-24-20)10-16-12-23-18-9-5-4-8-17(16)18/h1-9,12-14,19,22-23H,10-11H2/t19-/m0/s1. The summed E-state index contributed by atoms with van der Waals surface area (Å²) in [7, 11) is 0. The molecule has 0 unspecified atom stereocenters. The van der Waals surface area contributed by atoms with Crippen LogP contribution in [0.2, 0.25) is 0 Å². The van der Waals surface area contributed by atoms with E-state index >= 15 is 0 Å². The zero-order valence-electron chi connectivity index (χ0n) is 13.3. The van der Waals surface area contributed by atoms with Crippen LogP contribution in [0.25, 0.3) is 10.9 Å². The van der Waals surface area contributed by atoms with E-state index in [2.05, 4.69) is 63.9 Å². The van der Waals surface area contributed by atoms with E-state index in [-0.39, 0.29) is 6.04 Å². The molecule has 1 atom stereocenters. The fourth-order valence-corrected chi connectivity index (χ4v) is 3.03. The molecule has 0 aliphatic rings. The summed E-state index contributed by atoms with van der Waals surface area (Å²) in [6, 6.07) is 18.8. The molecule has 4 nitrogen and oxygen atoms in total. The van der Waals surface area contributed by atoms with Gasteiger partial charge in [-0.2, -0.15) is 0 Å². The van der Waals surface area contributed by atoms with E-state index in [0.29, 0.717) is 0 Å². The molecule has 2 heterocycles. The van der Waals surface area contributed by atoms with Crippen LogP contribution >= 0.6 is 0 Å². The third-order valence-corrected chi connectivity index (χ3v) is 4.29. The maximum atomic E-state index is 5.56. The van der Waals surface area contributed by atoms with Crippen LogP contribution in [-0.4, -0.2) is 9.97 Å². The highest BCUT2D eigenvalue weighted by Gasteiger charge is 2.17. The number of oxazole rings is 1. The molecule has 0 amide bonds. The highest BCUT2D eigenvalue weighted by Crippen LogP contribution is 2.24. The van der Waals surface area contributed by atoms with Crippen molar-refractivity contribution in [3.63, 3.8) is 0 Å². The van der Waals surface area contributed by atoms with Gasteiger partial charge in [-0.3, -0.25) is 0 Å². The summed E-state index contributed by atoms with van der Waals surface area (Å²) >= 11 is 0. The summed E-state index contributed by atoms with van der Waals surface area (Å²) < 4.78 is 5.56. The molecule has 2 N–H and O–H groups in total. The van der Waals surface area contributed by atoms with Gasteiger partial charge in [0.2, 0.25) is 0 Å². The number of aromatic amines is 1. The lowest BCUT2D eigenvalue weighted by Gasteiger charge is -2.16. The van der Waals surface area contributed by atoms with Gasteiger partial charge in [0.1, 0.15) is 5.76 Å². The van der Waals surface area contributed by atoms with Crippen LogP contribution in [0.1, 0.15) is 22.9 Å². The summed E-state index contributed by atoms with van der Waals surface area (Å²) in [6.07, 6.45) is 6.20. The van der Waals surface area contributed by atoms with E-state index in [1.165, 1.54) is 22.9 Å². The Hall–Kier alpha value is -2.85. The van der Waals surface area contributed by atoms with Crippen molar-refractivity contribution in [1.82, 2.24) is 15.3 Å². The molecule has 0 aliphatic heterocycles. The van der Waals surface area contributed by atoms with Crippen LogP contribution in [0.5, 0.6) is 0 Å². The average molecular weight is 317 g/mol. The molecular formula is C20H19N3O. The third kappa shape index (κ3) is 3.09. The molecular weight excluding hydrogens is 298 g/mol. The van der Waals surface area contributed by atoms with Crippen LogP contribution in [0.4, 0.5) is 0 Å². The Morgan fingerprint density at radius 3 is 2.71 bits per heavy atom. The maximum absolute atomic E-state index is 5.56. The molecule has 0 spiro atoms. The average Bonchev–Trinajstić information content (AvgIpc) is 3.30. The smallest absolute Gasteiger partial charge is 0.180 e. The molecule has 4 heteroatoms. The van der Waals surface area contributed by atoms with E-state index in [1.807, 2.05) is 12.1 Å². The Labute approximate surface area is 140 Å². The molecule has 0 bridgehead atoms. The predicted octanol–water partition coefficient (Wildman–Crippen LogP) is 4.23. The van der Waals surface area contributed by atoms with E-state index in [0.717, 1.165) is 24.2 Å². The zero-order valence-corrected chi connectivity index (χ0v) is 13.3. The van der Waals surface area contributed by atoms with Gasteiger partial charge in [-0.15, -0.1) is 0 Å². The van der Waals surface area contributed by atoms with Crippen molar-refractivity contribution >= 4 is 10.9 Å². The van der Waals surface area contributed by atoms with Crippen LogP contribution in [0.15, 0.2) is 77.8 Å². The minimum absolute atomic E-state index is 0.0758. The second-order valence-electron chi connectivity index (χ2n) is 5.89. The maximum Gasteiger partial charge on any atom is 0.180 e. The van der Waals surface area contributed by atoms with Gasteiger partial charge in [-0.1, -0.05) is 48.5 Å². The number of benzene rings is 2. The van der Waals surface area contributed by atoms with Crippen LogP contribution in [0.3, 0.4) is 0 Å². The highest BCUT2D eigenvalue weighted by atomic mass is 16.3. The van der Waals surface area contributed by atoms with Gasteiger partial charge >= 0.3 is 0 Å². The normalized spacial score (nSPS) is 12.5. The first-order chi connectivity index (χ1) is 11.9. The molecule has 24 heavy (non-hydrogen) atoms. The fourth-order valence-electron chi connectivity index (χ4n) is 3.03. The van der Waals surface area contributed by atoms with E-state index in [1.54, 1.807) is 6.20 Å². The van der Waals surface area contributed by atoms with Crippen LogP contribution < -0.4 is 5.32 Å². The minimum Gasteiger partial charge on any atom is -0.447 e. The van der Waals surface area contributed by atoms with Gasteiger partial charge in [0.15, 0.2) is 6.39 Å². The first kappa shape index (κ1) is 14.7. The number of H-pyrrole nitrogens is 1. The van der Waals surface area contributed by atoms with Gasteiger partial charge < -0.3 is 14.7 Å². The molecule has 0 fully saturated rings. The molecule has 0 saturated carbocycles. The Bertz CT molecular complexity index is 897. The minimum atomic E-state index is 0.0758. The van der Waals surface area contributed by atoms with Crippen LogP contribution in [-0.2, 0) is 13.0 Å². The van der Waals surface area contributed by atoms with Crippen molar-refractivity contribution in [1.29, 1.82) is 0 Å². The molecule has 4 aromatic rings. The van der Waals surface area contributed by atoms with Gasteiger partial charge in [-0.25, -0.2) is 4.98 Å². The van der Waals surface area contributed by atoms with Gasteiger partial charge in [0.05, 0.1) is 12.2 Å². The number of fused-ring (bicyclic) bond motifs is 1. The Kier molecular flexibility index (Phi) is 4.13. The van der Waals surface area contributed by atoms with Crippen molar-refractivity contribution in [2.75, 3.05) is 0 Å². The number of hydrogen-bond acceptors (Lipinski definition) is 3. The SMILES string of the molecule is c1ccc(CN[C@@H](Cc2c[nH]c3ccccc23)c2cnco2)cc1. The Morgan fingerprint density at radius 1 is 1.04 bits per heavy atom. The Balaban J connectivity index is 1.57. The first-order valence-corrected chi connectivity index (χ1v) is 8.11. The largest absolute Gasteiger partial charge is 0.447 e. The van der Waals surface area contributed by atoms with Crippen LogP contribution in [0, 0.1) is 0 Å². The molecule has 0 radical (unpaired) electrons. The number of hydrogen-bond donors (Lipinski definition) is 2. The lowest BCUT2D eigenvalue weighted by atomic mass is 10.0. The van der Waals surface area contributed by atoms with Crippen molar-refractivity contribution < 1.29 is 4.42 Å². The Morgan fingerprint density at radius 2 is 1.88 bits per heavy atom. The molecule has 120 valence electrons. The number of nitrogens with zero attached hydrogens (tertiary/aromatic N) is 1. The van der Waals surface area contributed by atoms with E-state index in [4.69, 9.17) is 4.42 Å². The summed E-state index contributed by atoms with van der Waals surface area (Å²) in [5.41, 5.74) is 3.68. The van der Waals surface area contributed by atoms with E-state index < -0.39 is 0 Å². The fraction of sp³-hybridized carbons (Fsp3) is 0.150. The molecule has 0 saturated heterocycles. The monoisotopic (exact) mass is 317 g/mol. The van der Waals surface area contributed by atoms with Gasteiger partial charge in [-0.05, 0) is 23.6 Å². The third-order valence-electron chi connectivity index (χ3n) is 4.29. The van der Waals surface area contributed by atoms with Crippen molar-refractivity contribution in [2.45, 2.75) is 19.0 Å². The summed E-state index contributed by atoms with van der Waals surface area (Å²) in [5, 5.41) is 4.85. The van der Waals surface area contributed by atoms with Crippen molar-refractivity contribution in [3.05, 3.63) is 90.3 Å². The summed E-state index contributed by atoms with van der Waals surface area (Å²) in [6.45, 7) is 0.786. The quantitative estimate of drug-likeness (QED) is 0.559. The van der Waals surface area contributed by atoms with Crippen molar-refractivity contribution in [2.24, 2.45) is 0 Å².